The van der Waals surface area contributed by atoms with Crippen molar-refractivity contribution in [1.82, 2.24) is 0 Å². The van der Waals surface area contributed by atoms with E-state index >= 15 is 0 Å². The normalized spacial score (nSPS) is 48.6. The molecule has 0 bridgehead atoms. The Morgan fingerprint density at radius 2 is 1.21 bits per heavy atom. The Kier molecular flexibility index (Phi) is 2.88. The summed E-state index contributed by atoms with van der Waals surface area (Å²) in [5.74, 6) is 0. The van der Waals surface area contributed by atoms with Crippen molar-refractivity contribution in [3.05, 3.63) is 25.3 Å². The van der Waals surface area contributed by atoms with Crippen LogP contribution in [0.2, 0.25) is 0 Å². The van der Waals surface area contributed by atoms with Gasteiger partial charge in [-0.25, -0.2) is 0 Å². The highest BCUT2D eigenvalue weighted by molar-refractivity contribution is 5.17. The van der Waals surface area contributed by atoms with Gasteiger partial charge in [0.1, 0.15) is 11.2 Å². The summed E-state index contributed by atoms with van der Waals surface area (Å²) in [6.07, 6.45) is 3.73. The maximum absolute atomic E-state index is 5.93. The fourth-order valence-electron chi connectivity index (χ4n) is 1.70. The number of hydrogen-bond donors (Lipinski definition) is 0. The first kappa shape index (κ1) is 11.5. The van der Waals surface area contributed by atoms with Gasteiger partial charge in [-0.1, -0.05) is 12.2 Å². The predicted molar refractivity (Wildman–Crippen MR) is 58.3 cm³/mol. The minimum Gasteiger partial charge on any atom is -0.362 e. The van der Waals surface area contributed by atoms with Crippen molar-refractivity contribution in [3.8, 4) is 0 Å². The van der Waals surface area contributed by atoms with Gasteiger partial charge in [-0.05, 0) is 27.7 Å². The fourth-order valence-corrected chi connectivity index (χ4v) is 1.70. The monoisotopic (exact) mass is 196 g/mol. The molecule has 2 nitrogen and oxygen atoms in total. The quantitative estimate of drug-likeness (QED) is 0.632. The Hall–Kier alpha value is -0.600. The third-order valence-electron chi connectivity index (χ3n) is 3.29. The second-order valence-corrected chi connectivity index (χ2v) is 4.27. The highest BCUT2D eigenvalue weighted by Gasteiger charge is 2.49. The molecule has 0 amide bonds. The Labute approximate surface area is 86.6 Å². The van der Waals surface area contributed by atoms with Crippen LogP contribution in [-0.4, -0.2) is 23.4 Å². The molecule has 2 heteroatoms. The summed E-state index contributed by atoms with van der Waals surface area (Å²) in [6.45, 7) is 15.6. The lowest BCUT2D eigenvalue weighted by Gasteiger charge is -2.50. The molecule has 14 heavy (non-hydrogen) atoms. The van der Waals surface area contributed by atoms with E-state index in [0.717, 1.165) is 0 Å². The minimum atomic E-state index is -0.499. The van der Waals surface area contributed by atoms with Crippen LogP contribution in [-0.2, 0) is 9.47 Å². The molecule has 0 spiro atoms. The van der Waals surface area contributed by atoms with Crippen molar-refractivity contribution >= 4 is 0 Å². The summed E-state index contributed by atoms with van der Waals surface area (Å²) in [5, 5.41) is 0. The zero-order chi connectivity index (χ0) is 11.0. The summed E-state index contributed by atoms with van der Waals surface area (Å²) in [7, 11) is 0. The largest absolute Gasteiger partial charge is 0.362 e. The molecule has 0 aromatic heterocycles. The summed E-state index contributed by atoms with van der Waals surface area (Å²) in [4.78, 5) is 0. The molecule has 0 aromatic carbocycles. The Morgan fingerprint density at radius 3 is 1.43 bits per heavy atom. The SMILES string of the molecule is C=CC1(C)OC(C)C(C)OC1(C)C=C. The van der Waals surface area contributed by atoms with Crippen LogP contribution < -0.4 is 0 Å². The second kappa shape index (κ2) is 3.52. The van der Waals surface area contributed by atoms with Crippen LogP contribution in [0.1, 0.15) is 27.7 Å². The van der Waals surface area contributed by atoms with Gasteiger partial charge < -0.3 is 9.47 Å². The molecule has 1 aliphatic heterocycles. The van der Waals surface area contributed by atoms with Crippen LogP contribution in [0.25, 0.3) is 0 Å². The third-order valence-corrected chi connectivity index (χ3v) is 3.29. The summed E-state index contributed by atoms with van der Waals surface area (Å²) in [6, 6.07) is 0. The van der Waals surface area contributed by atoms with Crippen LogP contribution in [0.15, 0.2) is 25.3 Å². The maximum atomic E-state index is 5.93. The lowest BCUT2D eigenvalue weighted by molar-refractivity contribution is -0.262. The lowest BCUT2D eigenvalue weighted by Crippen LogP contribution is -2.60. The number of hydrogen-bond acceptors (Lipinski definition) is 2. The van der Waals surface area contributed by atoms with E-state index in [0.29, 0.717) is 0 Å². The first-order valence-corrected chi connectivity index (χ1v) is 5.01. The Morgan fingerprint density at radius 1 is 0.929 bits per heavy atom. The smallest absolute Gasteiger partial charge is 0.116 e. The first-order valence-electron chi connectivity index (χ1n) is 5.01. The molecule has 0 aromatic rings. The molecule has 1 rings (SSSR count). The van der Waals surface area contributed by atoms with Crippen molar-refractivity contribution in [2.45, 2.75) is 51.1 Å². The lowest BCUT2D eigenvalue weighted by atomic mass is 9.83. The Bertz CT molecular complexity index is 223. The average Bonchev–Trinajstić information content (AvgIpc) is 2.15. The van der Waals surface area contributed by atoms with Gasteiger partial charge in [-0.3, -0.25) is 0 Å². The summed E-state index contributed by atoms with van der Waals surface area (Å²) in [5.41, 5.74) is -0.999. The highest BCUT2D eigenvalue weighted by atomic mass is 16.6. The molecule has 0 saturated carbocycles. The van der Waals surface area contributed by atoms with Crippen molar-refractivity contribution in [2.75, 3.05) is 0 Å². The van der Waals surface area contributed by atoms with Gasteiger partial charge in [0.25, 0.3) is 0 Å². The van der Waals surface area contributed by atoms with E-state index in [4.69, 9.17) is 9.47 Å². The fraction of sp³-hybridized carbons (Fsp3) is 0.667. The zero-order valence-corrected chi connectivity index (χ0v) is 9.54. The van der Waals surface area contributed by atoms with E-state index in [9.17, 15) is 0 Å². The molecule has 0 N–H and O–H groups in total. The van der Waals surface area contributed by atoms with Crippen molar-refractivity contribution in [2.24, 2.45) is 0 Å². The molecule has 4 unspecified atom stereocenters. The van der Waals surface area contributed by atoms with Gasteiger partial charge in [0.2, 0.25) is 0 Å². The van der Waals surface area contributed by atoms with E-state index in [-0.39, 0.29) is 12.2 Å². The number of ether oxygens (including phenoxy) is 2. The van der Waals surface area contributed by atoms with Crippen LogP contribution in [0.3, 0.4) is 0 Å². The van der Waals surface area contributed by atoms with Gasteiger partial charge in [-0.15, -0.1) is 13.2 Å². The van der Waals surface area contributed by atoms with Gasteiger partial charge in [0.05, 0.1) is 12.2 Å². The summed E-state index contributed by atoms with van der Waals surface area (Å²) >= 11 is 0. The van der Waals surface area contributed by atoms with E-state index in [1.165, 1.54) is 0 Å². The first-order chi connectivity index (χ1) is 6.38. The van der Waals surface area contributed by atoms with Gasteiger partial charge in [-0.2, -0.15) is 0 Å². The third kappa shape index (κ3) is 1.53. The minimum absolute atomic E-state index is 0.0750. The van der Waals surface area contributed by atoms with Crippen LogP contribution in [0, 0.1) is 0 Å². The highest BCUT2D eigenvalue weighted by Crippen LogP contribution is 2.39. The van der Waals surface area contributed by atoms with Gasteiger partial charge in [0.15, 0.2) is 0 Å². The summed E-state index contributed by atoms with van der Waals surface area (Å²) < 4.78 is 11.9. The van der Waals surface area contributed by atoms with E-state index < -0.39 is 11.2 Å². The molecule has 4 atom stereocenters. The molecule has 1 aliphatic rings. The zero-order valence-electron chi connectivity index (χ0n) is 9.54. The average molecular weight is 196 g/mol. The van der Waals surface area contributed by atoms with Gasteiger partial charge in [0, 0.05) is 0 Å². The number of rotatable bonds is 2. The van der Waals surface area contributed by atoms with Crippen molar-refractivity contribution in [1.29, 1.82) is 0 Å². The maximum Gasteiger partial charge on any atom is 0.116 e. The molecular weight excluding hydrogens is 176 g/mol. The van der Waals surface area contributed by atoms with Crippen LogP contribution >= 0.6 is 0 Å². The molecular formula is C12H20O2. The van der Waals surface area contributed by atoms with Crippen LogP contribution in [0.4, 0.5) is 0 Å². The molecule has 0 radical (unpaired) electrons. The van der Waals surface area contributed by atoms with Crippen molar-refractivity contribution in [3.63, 3.8) is 0 Å². The van der Waals surface area contributed by atoms with E-state index in [1.54, 1.807) is 12.2 Å². The molecule has 0 aliphatic carbocycles. The Balaban J connectivity index is 3.03. The van der Waals surface area contributed by atoms with E-state index in [2.05, 4.69) is 13.2 Å². The molecule has 80 valence electrons. The standard InChI is InChI=1S/C12H20O2/c1-7-11(5)12(6,8-2)14-10(4)9(3)13-11/h7-10H,1-2H2,3-6H3. The predicted octanol–water partition coefficient (Wildman–Crippen LogP) is 2.70. The topological polar surface area (TPSA) is 18.5 Å². The molecule has 1 fully saturated rings. The van der Waals surface area contributed by atoms with Gasteiger partial charge >= 0.3 is 0 Å². The van der Waals surface area contributed by atoms with Crippen LogP contribution in [0.5, 0.6) is 0 Å². The molecule has 1 saturated heterocycles. The second-order valence-electron chi connectivity index (χ2n) is 4.27. The van der Waals surface area contributed by atoms with Crippen molar-refractivity contribution < 1.29 is 9.47 Å². The molecule has 1 heterocycles. The van der Waals surface area contributed by atoms with E-state index in [1.807, 2.05) is 27.7 Å².